The van der Waals surface area contributed by atoms with Gasteiger partial charge in [-0.15, -0.1) is 0 Å². The van der Waals surface area contributed by atoms with Crippen molar-refractivity contribution in [1.29, 1.82) is 0 Å². The van der Waals surface area contributed by atoms with Gasteiger partial charge in [0.25, 0.3) is 11.8 Å². The molecule has 1 saturated heterocycles. The molecule has 0 saturated carbocycles. The summed E-state index contributed by atoms with van der Waals surface area (Å²) < 4.78 is 23.0. The highest BCUT2D eigenvalue weighted by atomic mass is 32.2. The van der Waals surface area contributed by atoms with Crippen LogP contribution in [0.3, 0.4) is 0 Å². The van der Waals surface area contributed by atoms with Crippen molar-refractivity contribution in [2.75, 3.05) is 16.8 Å². The number of nitrogens with zero attached hydrogens (tertiary/aromatic N) is 1. The summed E-state index contributed by atoms with van der Waals surface area (Å²) in [6.07, 6.45) is 0.391. The Balaban J connectivity index is 1.68. The molecule has 1 aliphatic rings. The van der Waals surface area contributed by atoms with Gasteiger partial charge >= 0.3 is 0 Å². The van der Waals surface area contributed by atoms with Crippen molar-refractivity contribution in [2.45, 2.75) is 19.4 Å². The molecule has 2 amide bonds. The summed E-state index contributed by atoms with van der Waals surface area (Å²) in [5.74, 6) is -0.902. The van der Waals surface area contributed by atoms with Crippen LogP contribution in [0.4, 0.5) is 5.69 Å². The second-order valence-corrected chi connectivity index (χ2v) is 8.53. The Kier molecular flexibility index (Phi) is 5.03. The smallest absolute Gasteiger partial charge is 0.274 e. The molecule has 0 spiro atoms. The van der Waals surface area contributed by atoms with E-state index in [4.69, 9.17) is 0 Å². The Morgan fingerprint density at radius 2 is 1.69 bits per heavy atom. The number of hydrogen-bond acceptors (Lipinski definition) is 5. The van der Waals surface area contributed by atoms with Crippen LogP contribution in [-0.4, -0.2) is 42.8 Å². The first-order chi connectivity index (χ1) is 12.3. The summed E-state index contributed by atoms with van der Waals surface area (Å²) in [4.78, 5) is 28.7. The first-order valence-electron chi connectivity index (χ1n) is 8.19. The van der Waals surface area contributed by atoms with Gasteiger partial charge in [0, 0.05) is 11.7 Å². The molecule has 0 aliphatic carbocycles. The summed E-state index contributed by atoms with van der Waals surface area (Å²) in [7, 11) is -3.08. The molecule has 1 atom stereocenters. The van der Waals surface area contributed by atoms with E-state index in [0.29, 0.717) is 12.1 Å². The van der Waals surface area contributed by atoms with Crippen LogP contribution in [0.15, 0.2) is 42.5 Å². The number of sulfone groups is 1. The van der Waals surface area contributed by atoms with Crippen LogP contribution in [0.25, 0.3) is 0 Å². The third kappa shape index (κ3) is 4.45. The largest absolute Gasteiger partial charge is 0.347 e. The molecule has 26 heavy (non-hydrogen) atoms. The monoisotopic (exact) mass is 373 g/mol. The van der Waals surface area contributed by atoms with Gasteiger partial charge < -0.3 is 10.6 Å². The molecule has 1 aliphatic heterocycles. The Bertz CT molecular complexity index is 939. The first kappa shape index (κ1) is 18.1. The van der Waals surface area contributed by atoms with Gasteiger partial charge in [-0.2, -0.15) is 0 Å². The number of pyridine rings is 1. The number of hydrogen-bond donors (Lipinski definition) is 2. The molecular formula is C18H19N3O4S. The van der Waals surface area contributed by atoms with E-state index < -0.39 is 27.7 Å². The van der Waals surface area contributed by atoms with Gasteiger partial charge in [-0.25, -0.2) is 13.4 Å². The van der Waals surface area contributed by atoms with Gasteiger partial charge in [0.15, 0.2) is 9.84 Å². The van der Waals surface area contributed by atoms with Crippen LogP contribution in [0, 0.1) is 6.92 Å². The number of carbonyl (C=O) groups is 2. The van der Waals surface area contributed by atoms with Crippen molar-refractivity contribution in [1.82, 2.24) is 10.3 Å². The van der Waals surface area contributed by atoms with Crippen molar-refractivity contribution in [2.24, 2.45) is 0 Å². The lowest BCUT2D eigenvalue weighted by atomic mass is 10.2. The molecule has 136 valence electrons. The lowest BCUT2D eigenvalue weighted by Crippen LogP contribution is -2.36. The molecular weight excluding hydrogens is 354 g/mol. The topological polar surface area (TPSA) is 105 Å². The highest BCUT2D eigenvalue weighted by molar-refractivity contribution is 7.91. The van der Waals surface area contributed by atoms with E-state index >= 15 is 0 Å². The second kappa shape index (κ2) is 7.25. The molecule has 2 N–H and O–H groups in total. The molecule has 1 aromatic heterocycles. The second-order valence-electron chi connectivity index (χ2n) is 6.30. The number of aromatic nitrogens is 1. The molecule has 8 heteroatoms. The van der Waals surface area contributed by atoms with Crippen LogP contribution in [0.2, 0.25) is 0 Å². The van der Waals surface area contributed by atoms with Gasteiger partial charge in [0.2, 0.25) is 0 Å². The molecule has 1 aromatic carbocycles. The zero-order chi connectivity index (χ0) is 18.7. The number of aryl methyl sites for hydroxylation is 1. The van der Waals surface area contributed by atoms with E-state index in [0.717, 1.165) is 5.56 Å². The Labute approximate surface area is 151 Å². The Morgan fingerprint density at radius 3 is 2.31 bits per heavy atom. The molecule has 2 aromatic rings. The minimum Gasteiger partial charge on any atom is -0.347 e. The van der Waals surface area contributed by atoms with Crippen LogP contribution in [0.1, 0.15) is 33.0 Å². The average molecular weight is 373 g/mol. The van der Waals surface area contributed by atoms with Gasteiger partial charge in [-0.1, -0.05) is 23.8 Å². The summed E-state index contributed by atoms with van der Waals surface area (Å²) in [5, 5.41) is 5.38. The Hall–Kier alpha value is -2.74. The summed E-state index contributed by atoms with van der Waals surface area (Å²) >= 11 is 0. The number of amides is 2. The van der Waals surface area contributed by atoms with Crippen LogP contribution in [-0.2, 0) is 9.84 Å². The Morgan fingerprint density at radius 1 is 1.04 bits per heavy atom. The van der Waals surface area contributed by atoms with Gasteiger partial charge in [-0.3, -0.25) is 9.59 Å². The van der Waals surface area contributed by atoms with Crippen LogP contribution in [0.5, 0.6) is 0 Å². The first-order valence-corrected chi connectivity index (χ1v) is 10.0. The zero-order valence-electron chi connectivity index (χ0n) is 14.2. The maximum Gasteiger partial charge on any atom is 0.274 e. The average Bonchev–Trinajstić information content (AvgIpc) is 2.95. The van der Waals surface area contributed by atoms with Crippen molar-refractivity contribution in [3.8, 4) is 0 Å². The molecule has 0 bridgehead atoms. The van der Waals surface area contributed by atoms with Crippen molar-refractivity contribution in [3.63, 3.8) is 0 Å². The molecule has 1 fully saturated rings. The van der Waals surface area contributed by atoms with Crippen molar-refractivity contribution >= 4 is 27.3 Å². The maximum atomic E-state index is 12.3. The maximum absolute atomic E-state index is 12.3. The zero-order valence-corrected chi connectivity index (χ0v) is 15.0. The van der Waals surface area contributed by atoms with E-state index in [1.165, 1.54) is 12.1 Å². The molecule has 7 nitrogen and oxygen atoms in total. The van der Waals surface area contributed by atoms with Gasteiger partial charge in [-0.05, 0) is 37.6 Å². The minimum atomic E-state index is -3.08. The van der Waals surface area contributed by atoms with E-state index in [1.807, 2.05) is 19.1 Å². The lowest BCUT2D eigenvalue weighted by Gasteiger charge is -2.11. The van der Waals surface area contributed by atoms with E-state index in [1.54, 1.807) is 18.2 Å². The summed E-state index contributed by atoms with van der Waals surface area (Å²) in [6, 6.07) is 11.5. The fraction of sp³-hybridized carbons (Fsp3) is 0.278. The van der Waals surface area contributed by atoms with E-state index in [9.17, 15) is 18.0 Å². The predicted molar refractivity (Wildman–Crippen MR) is 97.9 cm³/mol. The highest BCUT2D eigenvalue weighted by Gasteiger charge is 2.29. The third-order valence-corrected chi connectivity index (χ3v) is 5.86. The normalized spacial score (nSPS) is 18.3. The van der Waals surface area contributed by atoms with Crippen LogP contribution >= 0.6 is 0 Å². The molecule has 3 rings (SSSR count). The van der Waals surface area contributed by atoms with E-state index in [2.05, 4.69) is 15.6 Å². The van der Waals surface area contributed by atoms with Crippen LogP contribution < -0.4 is 10.6 Å². The highest BCUT2D eigenvalue weighted by Crippen LogP contribution is 2.13. The summed E-state index contributed by atoms with van der Waals surface area (Å²) in [6.45, 7) is 1.95. The van der Waals surface area contributed by atoms with Gasteiger partial charge in [0.1, 0.15) is 11.4 Å². The number of carbonyl (C=O) groups excluding carboxylic acids is 2. The predicted octanol–water partition coefficient (Wildman–Crippen LogP) is 1.56. The number of anilines is 1. The molecule has 0 radical (unpaired) electrons. The SMILES string of the molecule is Cc1ccc(NC(=O)c2cccc(C(=O)NC3CCS(=O)(=O)C3)n2)cc1. The lowest BCUT2D eigenvalue weighted by molar-refractivity contribution is 0.0936. The fourth-order valence-electron chi connectivity index (χ4n) is 2.69. The van der Waals surface area contributed by atoms with E-state index in [-0.39, 0.29) is 22.9 Å². The quantitative estimate of drug-likeness (QED) is 0.846. The summed E-state index contributed by atoms with van der Waals surface area (Å²) in [5.41, 5.74) is 1.89. The molecule has 2 heterocycles. The fourth-order valence-corrected chi connectivity index (χ4v) is 4.36. The number of rotatable bonds is 4. The van der Waals surface area contributed by atoms with Crippen molar-refractivity contribution < 1.29 is 18.0 Å². The number of nitrogens with one attached hydrogen (secondary N) is 2. The third-order valence-electron chi connectivity index (χ3n) is 4.09. The minimum absolute atomic E-state index is 0.0632. The van der Waals surface area contributed by atoms with Gasteiger partial charge in [0.05, 0.1) is 11.5 Å². The van der Waals surface area contributed by atoms with Crippen molar-refractivity contribution in [3.05, 3.63) is 59.4 Å². The molecule has 1 unspecified atom stereocenters. The number of benzene rings is 1. The standard InChI is InChI=1S/C18H19N3O4S/c1-12-5-7-13(8-6-12)19-17(22)15-3-2-4-16(21-15)18(23)20-14-9-10-26(24,25)11-14/h2-8,14H,9-11H2,1H3,(H,19,22)(H,20,23).